The molecule has 0 fully saturated rings. The van der Waals surface area contributed by atoms with Gasteiger partial charge < -0.3 is 10.5 Å². The zero-order chi connectivity index (χ0) is 10.5. The molecule has 0 spiro atoms. The second kappa shape index (κ2) is 5.02. The number of rotatable bonds is 3. The molecule has 0 rings (SSSR count). The zero-order valence-corrected chi connectivity index (χ0v) is 8.83. The van der Waals surface area contributed by atoms with Crippen LogP contribution in [0, 0.1) is 0 Å². The molecule has 0 saturated carbocycles. The highest BCUT2D eigenvalue weighted by Crippen LogP contribution is 2.08. The van der Waals surface area contributed by atoms with E-state index >= 15 is 0 Å². The van der Waals surface area contributed by atoms with Crippen LogP contribution in [0.5, 0.6) is 0 Å². The molecule has 13 heavy (non-hydrogen) atoms. The summed E-state index contributed by atoms with van der Waals surface area (Å²) < 4.78 is 5.10. The van der Waals surface area contributed by atoms with Gasteiger partial charge in [0.1, 0.15) is 5.60 Å². The van der Waals surface area contributed by atoms with Gasteiger partial charge >= 0.3 is 5.97 Å². The first-order valence-corrected chi connectivity index (χ1v) is 4.45. The van der Waals surface area contributed by atoms with Gasteiger partial charge in [-0.15, -0.1) is 0 Å². The van der Waals surface area contributed by atoms with E-state index in [0.29, 0.717) is 0 Å². The highest BCUT2D eigenvalue weighted by atomic mass is 16.6. The van der Waals surface area contributed by atoms with Gasteiger partial charge in [0, 0.05) is 6.04 Å². The number of carbonyl (C=O) groups excluding carboxylic acids is 1. The van der Waals surface area contributed by atoms with Crippen LogP contribution in [0.15, 0.2) is 12.2 Å². The fourth-order valence-corrected chi connectivity index (χ4v) is 0.891. The fraction of sp³-hybridized carbons (Fsp3) is 0.700. The number of carbonyl (C=O) groups is 1. The number of ether oxygens (including phenoxy) is 1. The molecule has 0 aromatic carbocycles. The number of hydrogen-bond acceptors (Lipinski definition) is 3. The van der Waals surface area contributed by atoms with Crippen LogP contribution in [0.4, 0.5) is 0 Å². The topological polar surface area (TPSA) is 52.3 Å². The van der Waals surface area contributed by atoms with Crippen LogP contribution in [0.25, 0.3) is 0 Å². The Morgan fingerprint density at radius 3 is 2.46 bits per heavy atom. The lowest BCUT2D eigenvalue weighted by molar-refractivity contribution is -0.154. The smallest absolute Gasteiger partial charge is 0.308 e. The molecule has 0 aromatic rings. The van der Waals surface area contributed by atoms with Crippen LogP contribution in [0.1, 0.15) is 34.1 Å². The monoisotopic (exact) mass is 185 g/mol. The van der Waals surface area contributed by atoms with E-state index in [-0.39, 0.29) is 18.4 Å². The number of allylic oxidation sites excluding steroid dienone is 1. The minimum absolute atomic E-state index is 0.236. The zero-order valence-electron chi connectivity index (χ0n) is 8.83. The first-order chi connectivity index (χ1) is 5.85. The van der Waals surface area contributed by atoms with Crippen LogP contribution in [-0.2, 0) is 9.53 Å². The van der Waals surface area contributed by atoms with Crippen LogP contribution >= 0.6 is 0 Å². The lowest BCUT2D eigenvalue weighted by Gasteiger charge is -2.20. The molecular formula is C10H19NO2. The second-order valence-electron chi connectivity index (χ2n) is 3.98. The Kier molecular flexibility index (Phi) is 4.70. The molecule has 3 nitrogen and oxygen atoms in total. The number of esters is 1. The van der Waals surface area contributed by atoms with E-state index < -0.39 is 5.60 Å². The average molecular weight is 185 g/mol. The second-order valence-corrected chi connectivity index (χ2v) is 3.98. The summed E-state index contributed by atoms with van der Waals surface area (Å²) in [5, 5.41) is 0. The van der Waals surface area contributed by atoms with Gasteiger partial charge in [0.2, 0.25) is 0 Å². The van der Waals surface area contributed by atoms with E-state index in [4.69, 9.17) is 10.5 Å². The number of nitrogens with two attached hydrogens (primary N) is 1. The van der Waals surface area contributed by atoms with Gasteiger partial charge in [0.25, 0.3) is 0 Å². The van der Waals surface area contributed by atoms with Crippen molar-refractivity contribution in [3.63, 3.8) is 0 Å². The molecule has 0 aliphatic heterocycles. The Bertz CT molecular complexity index is 192. The lowest BCUT2D eigenvalue weighted by Crippen LogP contribution is -2.28. The quantitative estimate of drug-likeness (QED) is 0.537. The van der Waals surface area contributed by atoms with Gasteiger partial charge in [-0.2, -0.15) is 0 Å². The van der Waals surface area contributed by atoms with Crippen molar-refractivity contribution >= 4 is 5.97 Å². The van der Waals surface area contributed by atoms with Crippen molar-refractivity contribution in [2.75, 3.05) is 0 Å². The van der Waals surface area contributed by atoms with Gasteiger partial charge in [0.05, 0.1) is 6.42 Å². The van der Waals surface area contributed by atoms with E-state index in [1.54, 1.807) is 6.08 Å². The SMILES string of the molecule is C/C=C/[C@@H](N)CC(=O)OC(C)(C)C. The van der Waals surface area contributed by atoms with Crippen molar-refractivity contribution < 1.29 is 9.53 Å². The lowest BCUT2D eigenvalue weighted by atomic mass is 10.1. The summed E-state index contributed by atoms with van der Waals surface area (Å²) >= 11 is 0. The van der Waals surface area contributed by atoms with Crippen molar-refractivity contribution in [2.45, 2.75) is 45.8 Å². The Hall–Kier alpha value is -0.830. The summed E-state index contributed by atoms with van der Waals surface area (Å²) in [6.07, 6.45) is 3.85. The predicted octanol–water partition coefficient (Wildman–Crippen LogP) is 1.62. The van der Waals surface area contributed by atoms with Crippen LogP contribution < -0.4 is 5.73 Å². The summed E-state index contributed by atoms with van der Waals surface area (Å²) in [5.41, 5.74) is 5.19. The van der Waals surface area contributed by atoms with Crippen LogP contribution in [-0.4, -0.2) is 17.6 Å². The van der Waals surface area contributed by atoms with Crippen molar-refractivity contribution in [3.8, 4) is 0 Å². The van der Waals surface area contributed by atoms with Crippen LogP contribution in [0.3, 0.4) is 0 Å². The largest absolute Gasteiger partial charge is 0.460 e. The van der Waals surface area contributed by atoms with Crippen molar-refractivity contribution in [1.29, 1.82) is 0 Å². The third kappa shape index (κ3) is 7.53. The Morgan fingerprint density at radius 1 is 1.54 bits per heavy atom. The van der Waals surface area contributed by atoms with E-state index in [1.807, 2.05) is 33.8 Å². The van der Waals surface area contributed by atoms with Crippen molar-refractivity contribution in [1.82, 2.24) is 0 Å². The van der Waals surface area contributed by atoms with E-state index in [9.17, 15) is 4.79 Å². The molecule has 0 aromatic heterocycles. The molecular weight excluding hydrogens is 166 g/mol. The molecule has 0 bridgehead atoms. The molecule has 0 aliphatic rings. The first kappa shape index (κ1) is 12.2. The van der Waals surface area contributed by atoms with Crippen molar-refractivity contribution in [3.05, 3.63) is 12.2 Å². The minimum Gasteiger partial charge on any atom is -0.460 e. The molecule has 1 atom stereocenters. The van der Waals surface area contributed by atoms with Gasteiger partial charge in [-0.1, -0.05) is 12.2 Å². The van der Waals surface area contributed by atoms with E-state index in [2.05, 4.69) is 0 Å². The molecule has 2 N–H and O–H groups in total. The average Bonchev–Trinajstić information content (AvgIpc) is 1.81. The highest BCUT2D eigenvalue weighted by Gasteiger charge is 2.17. The van der Waals surface area contributed by atoms with Crippen LogP contribution in [0.2, 0.25) is 0 Å². The van der Waals surface area contributed by atoms with Gasteiger partial charge in [-0.25, -0.2) is 0 Å². The molecule has 0 saturated heterocycles. The van der Waals surface area contributed by atoms with E-state index in [1.165, 1.54) is 0 Å². The van der Waals surface area contributed by atoms with E-state index in [0.717, 1.165) is 0 Å². The third-order valence-electron chi connectivity index (χ3n) is 1.26. The summed E-state index contributed by atoms with van der Waals surface area (Å²) in [6.45, 7) is 7.39. The van der Waals surface area contributed by atoms with Gasteiger partial charge in [-0.05, 0) is 27.7 Å². The Labute approximate surface area is 79.9 Å². The highest BCUT2D eigenvalue weighted by molar-refractivity contribution is 5.70. The molecule has 76 valence electrons. The molecule has 0 unspecified atom stereocenters. The van der Waals surface area contributed by atoms with Gasteiger partial charge in [0.15, 0.2) is 0 Å². The standard InChI is InChI=1S/C10H19NO2/c1-5-6-8(11)7-9(12)13-10(2,3)4/h5-6,8H,7,11H2,1-4H3/b6-5+/t8-/m1/s1. The minimum atomic E-state index is -0.424. The maximum absolute atomic E-state index is 11.2. The maximum atomic E-state index is 11.2. The van der Waals surface area contributed by atoms with Gasteiger partial charge in [-0.3, -0.25) is 4.79 Å². The summed E-state index contributed by atoms with van der Waals surface area (Å²) in [6, 6.07) is -0.236. The summed E-state index contributed by atoms with van der Waals surface area (Å²) in [7, 11) is 0. The molecule has 0 heterocycles. The first-order valence-electron chi connectivity index (χ1n) is 4.45. The van der Waals surface area contributed by atoms with Crippen molar-refractivity contribution in [2.24, 2.45) is 5.73 Å². The molecule has 0 radical (unpaired) electrons. The number of hydrogen-bond donors (Lipinski definition) is 1. The molecule has 0 aliphatic carbocycles. The molecule has 3 heteroatoms. The fourth-order valence-electron chi connectivity index (χ4n) is 0.891. The summed E-state index contributed by atoms with van der Waals surface area (Å²) in [5.74, 6) is -0.252. The maximum Gasteiger partial charge on any atom is 0.308 e. The Balaban J connectivity index is 3.88. The molecule has 0 amide bonds. The normalized spacial score (nSPS) is 14.5. The summed E-state index contributed by atoms with van der Waals surface area (Å²) in [4.78, 5) is 11.2. The Morgan fingerprint density at radius 2 is 2.08 bits per heavy atom. The third-order valence-corrected chi connectivity index (χ3v) is 1.26. The predicted molar refractivity (Wildman–Crippen MR) is 53.3 cm³/mol.